The molecular formula is C9H18N2. The predicted molar refractivity (Wildman–Crippen MR) is 46.6 cm³/mol. The van der Waals surface area contributed by atoms with E-state index in [1.807, 2.05) is 0 Å². The molecule has 0 radical (unpaired) electrons. The van der Waals surface area contributed by atoms with Crippen LogP contribution in [0.25, 0.3) is 0 Å². The summed E-state index contributed by atoms with van der Waals surface area (Å²) in [7, 11) is 2.23. The largest absolute Gasteiger partial charge is 0.309 e. The Morgan fingerprint density at radius 3 is 2.55 bits per heavy atom. The van der Waals surface area contributed by atoms with Gasteiger partial charge in [-0.15, -0.1) is 0 Å². The van der Waals surface area contributed by atoms with Gasteiger partial charge in [-0.1, -0.05) is 0 Å². The summed E-state index contributed by atoms with van der Waals surface area (Å²) in [6, 6.07) is 1.49. The van der Waals surface area contributed by atoms with Crippen LogP contribution in [0.15, 0.2) is 0 Å². The van der Waals surface area contributed by atoms with Crippen molar-refractivity contribution in [3.8, 4) is 0 Å². The summed E-state index contributed by atoms with van der Waals surface area (Å²) in [5.41, 5.74) is 0. The van der Waals surface area contributed by atoms with Crippen molar-refractivity contribution in [1.29, 1.82) is 0 Å². The highest BCUT2D eigenvalue weighted by molar-refractivity contribution is 4.92. The fourth-order valence-corrected chi connectivity index (χ4v) is 2.13. The first-order valence-electron chi connectivity index (χ1n) is 4.70. The number of nitrogens with one attached hydrogen (secondary N) is 1. The molecule has 0 unspecified atom stereocenters. The van der Waals surface area contributed by atoms with Crippen molar-refractivity contribution in [2.75, 3.05) is 20.1 Å². The molecule has 2 rings (SSSR count). The Morgan fingerprint density at radius 2 is 2.00 bits per heavy atom. The maximum Gasteiger partial charge on any atom is 0.0226 e. The number of nitrogens with zero attached hydrogens (tertiary/aromatic N) is 1. The molecule has 64 valence electrons. The van der Waals surface area contributed by atoms with Crippen molar-refractivity contribution in [1.82, 2.24) is 10.2 Å². The molecule has 0 aromatic rings. The van der Waals surface area contributed by atoms with Crippen molar-refractivity contribution in [2.45, 2.75) is 31.8 Å². The molecule has 2 fully saturated rings. The molecule has 1 N–H and O–H groups in total. The van der Waals surface area contributed by atoms with Gasteiger partial charge in [-0.05, 0) is 32.7 Å². The first kappa shape index (κ1) is 7.56. The van der Waals surface area contributed by atoms with Gasteiger partial charge in [-0.2, -0.15) is 0 Å². The summed E-state index contributed by atoms with van der Waals surface area (Å²) in [6.07, 6.45) is 2.91. The Kier molecular flexibility index (Phi) is 1.90. The van der Waals surface area contributed by atoms with E-state index in [2.05, 4.69) is 24.2 Å². The molecular weight excluding hydrogens is 136 g/mol. The average Bonchev–Trinajstić information content (AvgIpc) is 2.64. The maximum absolute atomic E-state index is 3.67. The highest BCUT2D eigenvalue weighted by Crippen LogP contribution is 2.33. The number of likely N-dealkylation sites (N-methyl/N-ethyl adjacent to an activating group) is 1. The minimum absolute atomic E-state index is 0.694. The highest BCUT2D eigenvalue weighted by Gasteiger charge is 2.34. The van der Waals surface area contributed by atoms with Crippen LogP contribution in [-0.4, -0.2) is 37.1 Å². The Hall–Kier alpha value is -0.0800. The lowest BCUT2D eigenvalue weighted by molar-refractivity contribution is 0.187. The average molecular weight is 154 g/mol. The monoisotopic (exact) mass is 154 g/mol. The van der Waals surface area contributed by atoms with Gasteiger partial charge in [0.25, 0.3) is 0 Å². The van der Waals surface area contributed by atoms with Crippen LogP contribution >= 0.6 is 0 Å². The smallest absolute Gasteiger partial charge is 0.0226 e. The minimum atomic E-state index is 0.694. The van der Waals surface area contributed by atoms with Crippen LogP contribution in [0.2, 0.25) is 0 Å². The summed E-state index contributed by atoms with van der Waals surface area (Å²) >= 11 is 0. The lowest BCUT2D eigenvalue weighted by Gasteiger charge is -2.35. The van der Waals surface area contributed by atoms with Gasteiger partial charge >= 0.3 is 0 Å². The molecule has 11 heavy (non-hydrogen) atoms. The Bertz CT molecular complexity index is 132. The third-order valence-electron chi connectivity index (χ3n) is 2.78. The minimum Gasteiger partial charge on any atom is -0.309 e. The molecule has 2 heteroatoms. The van der Waals surface area contributed by atoms with E-state index in [9.17, 15) is 0 Å². The molecule has 2 aliphatic rings. The van der Waals surface area contributed by atoms with Gasteiger partial charge in [-0.3, -0.25) is 0 Å². The molecule has 1 aliphatic heterocycles. The normalized spacial score (nSPS) is 40.9. The van der Waals surface area contributed by atoms with Crippen molar-refractivity contribution in [2.24, 2.45) is 5.92 Å². The van der Waals surface area contributed by atoms with Crippen molar-refractivity contribution < 1.29 is 0 Å². The van der Waals surface area contributed by atoms with Gasteiger partial charge in [0.2, 0.25) is 0 Å². The summed E-state index contributed by atoms with van der Waals surface area (Å²) < 4.78 is 0. The van der Waals surface area contributed by atoms with Crippen LogP contribution in [-0.2, 0) is 0 Å². The third kappa shape index (κ3) is 1.74. The van der Waals surface area contributed by atoms with Crippen LogP contribution in [0, 0.1) is 5.92 Å². The van der Waals surface area contributed by atoms with Crippen LogP contribution in [0.5, 0.6) is 0 Å². The number of hydrogen-bond donors (Lipinski definition) is 1. The van der Waals surface area contributed by atoms with Gasteiger partial charge in [0.1, 0.15) is 0 Å². The standard InChI is InChI=1S/C9H18N2/c1-7-5-11(2)6-9(10-7)8-3-4-8/h7-10H,3-6H2,1-2H3/t7-,9-/m0/s1. The molecule has 1 saturated heterocycles. The molecule has 1 aliphatic carbocycles. The fraction of sp³-hybridized carbons (Fsp3) is 1.00. The van der Waals surface area contributed by atoms with Gasteiger partial charge in [0, 0.05) is 25.2 Å². The number of piperazine rings is 1. The van der Waals surface area contributed by atoms with E-state index in [0.717, 1.165) is 12.0 Å². The first-order chi connectivity index (χ1) is 5.25. The third-order valence-corrected chi connectivity index (χ3v) is 2.78. The lowest BCUT2D eigenvalue weighted by atomic mass is 10.1. The maximum atomic E-state index is 3.67. The van der Waals surface area contributed by atoms with Crippen LogP contribution in [0.4, 0.5) is 0 Å². The van der Waals surface area contributed by atoms with E-state index < -0.39 is 0 Å². The van der Waals surface area contributed by atoms with Gasteiger partial charge in [-0.25, -0.2) is 0 Å². The van der Waals surface area contributed by atoms with E-state index in [1.54, 1.807) is 0 Å². The molecule has 0 spiro atoms. The Balaban J connectivity index is 1.89. The molecule has 0 bridgehead atoms. The molecule has 0 aromatic carbocycles. The van der Waals surface area contributed by atoms with Crippen LogP contribution in [0.1, 0.15) is 19.8 Å². The lowest BCUT2D eigenvalue weighted by Crippen LogP contribution is -2.54. The highest BCUT2D eigenvalue weighted by atomic mass is 15.2. The van der Waals surface area contributed by atoms with E-state index >= 15 is 0 Å². The fourth-order valence-electron chi connectivity index (χ4n) is 2.13. The second kappa shape index (κ2) is 2.76. The first-order valence-corrected chi connectivity index (χ1v) is 4.70. The van der Waals surface area contributed by atoms with Gasteiger partial charge in [0.05, 0.1) is 0 Å². The molecule has 1 heterocycles. The van der Waals surface area contributed by atoms with Crippen molar-refractivity contribution in [3.63, 3.8) is 0 Å². The summed E-state index contributed by atoms with van der Waals surface area (Å²) in [5.74, 6) is 1.00. The van der Waals surface area contributed by atoms with E-state index in [-0.39, 0.29) is 0 Å². The zero-order chi connectivity index (χ0) is 7.84. The summed E-state index contributed by atoms with van der Waals surface area (Å²) in [6.45, 7) is 4.75. The second-order valence-electron chi connectivity index (χ2n) is 4.23. The SMILES string of the molecule is C[C@H]1CN(C)C[C@@H](C2CC2)N1. The molecule has 0 aromatic heterocycles. The van der Waals surface area contributed by atoms with Crippen molar-refractivity contribution in [3.05, 3.63) is 0 Å². The molecule has 1 saturated carbocycles. The van der Waals surface area contributed by atoms with Gasteiger partial charge < -0.3 is 10.2 Å². The quantitative estimate of drug-likeness (QED) is 0.598. The van der Waals surface area contributed by atoms with E-state index in [0.29, 0.717) is 6.04 Å². The molecule has 0 amide bonds. The second-order valence-corrected chi connectivity index (χ2v) is 4.23. The van der Waals surface area contributed by atoms with E-state index in [4.69, 9.17) is 0 Å². The van der Waals surface area contributed by atoms with Crippen LogP contribution in [0.3, 0.4) is 0 Å². The summed E-state index contributed by atoms with van der Waals surface area (Å²) in [4.78, 5) is 2.45. The number of hydrogen-bond acceptors (Lipinski definition) is 2. The topological polar surface area (TPSA) is 15.3 Å². The zero-order valence-corrected chi connectivity index (χ0v) is 7.51. The van der Waals surface area contributed by atoms with Crippen molar-refractivity contribution >= 4 is 0 Å². The van der Waals surface area contributed by atoms with E-state index in [1.165, 1.54) is 25.9 Å². The summed E-state index contributed by atoms with van der Waals surface area (Å²) in [5, 5.41) is 3.67. The zero-order valence-electron chi connectivity index (χ0n) is 7.51. The molecule has 2 atom stereocenters. The Morgan fingerprint density at radius 1 is 1.27 bits per heavy atom. The number of rotatable bonds is 1. The Labute approximate surface area is 69.0 Å². The van der Waals surface area contributed by atoms with Crippen LogP contribution < -0.4 is 5.32 Å². The predicted octanol–water partition coefficient (Wildman–Crippen LogP) is 0.688. The van der Waals surface area contributed by atoms with Gasteiger partial charge in [0.15, 0.2) is 0 Å². The molecule has 2 nitrogen and oxygen atoms in total.